The van der Waals surface area contributed by atoms with Gasteiger partial charge in [0.05, 0.1) is 18.4 Å². The number of nitrogens with zero attached hydrogens (tertiary/aromatic N) is 2. The zero-order chi connectivity index (χ0) is 13.2. The van der Waals surface area contributed by atoms with Crippen molar-refractivity contribution in [1.29, 1.82) is 0 Å². The van der Waals surface area contributed by atoms with Gasteiger partial charge in [-0.05, 0) is 30.0 Å². The average Bonchev–Trinajstić information content (AvgIpc) is 2.90. The molecule has 0 atom stereocenters. The van der Waals surface area contributed by atoms with E-state index >= 15 is 0 Å². The summed E-state index contributed by atoms with van der Waals surface area (Å²) in [4.78, 5) is 4.53. The molecule has 1 aromatic carbocycles. The first-order chi connectivity index (χ1) is 9.33. The van der Waals surface area contributed by atoms with Gasteiger partial charge in [0, 0.05) is 18.7 Å². The number of imidazole rings is 1. The predicted octanol–water partition coefficient (Wildman–Crippen LogP) is 2.78. The van der Waals surface area contributed by atoms with Crippen molar-refractivity contribution in [1.82, 2.24) is 14.9 Å². The minimum atomic E-state index is 0.883. The molecule has 1 aliphatic heterocycles. The molecule has 0 saturated carbocycles. The predicted molar refractivity (Wildman–Crippen MR) is 78.1 cm³/mol. The van der Waals surface area contributed by atoms with Gasteiger partial charge in [0.2, 0.25) is 0 Å². The fourth-order valence-corrected chi connectivity index (χ4v) is 2.89. The zero-order valence-corrected chi connectivity index (χ0v) is 11.7. The quantitative estimate of drug-likeness (QED) is 0.914. The van der Waals surface area contributed by atoms with Gasteiger partial charge in [-0.1, -0.05) is 26.0 Å². The number of hydrogen-bond acceptors (Lipinski definition) is 2. The molecule has 3 rings (SSSR count). The number of rotatable bonds is 3. The van der Waals surface area contributed by atoms with Crippen LogP contribution in [0.15, 0.2) is 24.4 Å². The fourth-order valence-electron chi connectivity index (χ4n) is 2.89. The van der Waals surface area contributed by atoms with E-state index in [-0.39, 0.29) is 0 Å². The second-order valence-electron chi connectivity index (χ2n) is 5.08. The van der Waals surface area contributed by atoms with Crippen molar-refractivity contribution in [2.45, 2.75) is 39.8 Å². The van der Waals surface area contributed by atoms with Gasteiger partial charge in [-0.25, -0.2) is 4.98 Å². The third-order valence-electron chi connectivity index (χ3n) is 4.00. The van der Waals surface area contributed by atoms with E-state index in [9.17, 15) is 0 Å². The maximum absolute atomic E-state index is 4.53. The Morgan fingerprint density at radius 2 is 2.05 bits per heavy atom. The lowest BCUT2D eigenvalue weighted by Gasteiger charge is -2.18. The molecule has 1 N–H and O–H groups in total. The Bertz CT molecular complexity index is 584. The summed E-state index contributed by atoms with van der Waals surface area (Å²) in [6, 6.07) is 6.85. The summed E-state index contributed by atoms with van der Waals surface area (Å²) in [7, 11) is 0. The van der Waals surface area contributed by atoms with E-state index in [1.165, 1.54) is 22.4 Å². The largest absolute Gasteiger partial charge is 0.326 e. The lowest BCUT2D eigenvalue weighted by molar-refractivity contribution is 0.508. The number of nitrogens with one attached hydrogen (secondary N) is 1. The number of aryl methyl sites for hydroxylation is 2. The van der Waals surface area contributed by atoms with Crippen LogP contribution in [0.2, 0.25) is 0 Å². The topological polar surface area (TPSA) is 29.9 Å². The normalized spacial score (nSPS) is 14.4. The monoisotopic (exact) mass is 255 g/mol. The van der Waals surface area contributed by atoms with Gasteiger partial charge in [0.15, 0.2) is 0 Å². The number of hydrogen-bond donors (Lipinski definition) is 1. The highest BCUT2D eigenvalue weighted by molar-refractivity contribution is 5.61. The van der Waals surface area contributed by atoms with E-state index in [1.54, 1.807) is 0 Å². The molecule has 0 saturated heterocycles. The lowest BCUT2D eigenvalue weighted by atomic mass is 9.99. The third-order valence-corrected chi connectivity index (χ3v) is 4.00. The molecule has 100 valence electrons. The van der Waals surface area contributed by atoms with Crippen molar-refractivity contribution >= 4 is 0 Å². The van der Waals surface area contributed by atoms with Crippen LogP contribution < -0.4 is 5.32 Å². The standard InChI is InChI=1S/C16H21N3/c1-3-12-5-6-14(9-13(12)4-2)15-10-18-16-11-17-7-8-19(15)16/h5-6,9-10,17H,3-4,7-8,11H2,1-2H3. The van der Waals surface area contributed by atoms with Crippen molar-refractivity contribution in [3.05, 3.63) is 41.3 Å². The first-order valence-electron chi connectivity index (χ1n) is 7.20. The number of benzene rings is 1. The molecule has 0 fully saturated rings. The minimum absolute atomic E-state index is 0.883. The Labute approximate surface area is 114 Å². The molecule has 3 heteroatoms. The smallest absolute Gasteiger partial charge is 0.123 e. The van der Waals surface area contributed by atoms with Gasteiger partial charge in [0.1, 0.15) is 5.82 Å². The van der Waals surface area contributed by atoms with Crippen LogP contribution in [-0.4, -0.2) is 16.1 Å². The van der Waals surface area contributed by atoms with Gasteiger partial charge in [-0.3, -0.25) is 0 Å². The second-order valence-corrected chi connectivity index (χ2v) is 5.08. The molecule has 0 unspecified atom stereocenters. The SMILES string of the molecule is CCc1ccc(-c2cnc3n2CCNC3)cc1CC. The van der Waals surface area contributed by atoms with Crippen LogP contribution in [0.1, 0.15) is 30.8 Å². The molecule has 1 aliphatic rings. The Morgan fingerprint density at radius 3 is 2.84 bits per heavy atom. The maximum Gasteiger partial charge on any atom is 0.123 e. The summed E-state index contributed by atoms with van der Waals surface area (Å²) in [5.74, 6) is 1.15. The Morgan fingerprint density at radius 1 is 1.21 bits per heavy atom. The Kier molecular flexibility index (Phi) is 3.38. The lowest BCUT2D eigenvalue weighted by Crippen LogP contribution is -2.28. The summed E-state index contributed by atoms with van der Waals surface area (Å²) in [5, 5.41) is 3.36. The molecule has 0 spiro atoms. The minimum Gasteiger partial charge on any atom is -0.326 e. The van der Waals surface area contributed by atoms with E-state index in [2.05, 4.69) is 46.9 Å². The highest BCUT2D eigenvalue weighted by Crippen LogP contribution is 2.25. The van der Waals surface area contributed by atoms with Crippen LogP contribution in [0.4, 0.5) is 0 Å². The average molecular weight is 255 g/mol. The second kappa shape index (κ2) is 5.17. The van der Waals surface area contributed by atoms with Crippen molar-refractivity contribution < 1.29 is 0 Å². The van der Waals surface area contributed by atoms with Crippen LogP contribution in [-0.2, 0) is 25.9 Å². The molecule has 0 bridgehead atoms. The highest BCUT2D eigenvalue weighted by atomic mass is 15.2. The molecular weight excluding hydrogens is 234 g/mol. The molecule has 1 aromatic heterocycles. The molecule has 2 aromatic rings. The van der Waals surface area contributed by atoms with Gasteiger partial charge < -0.3 is 9.88 Å². The van der Waals surface area contributed by atoms with Crippen LogP contribution in [0.5, 0.6) is 0 Å². The van der Waals surface area contributed by atoms with E-state index in [0.29, 0.717) is 0 Å². The van der Waals surface area contributed by atoms with E-state index in [4.69, 9.17) is 0 Å². The Hall–Kier alpha value is -1.61. The summed E-state index contributed by atoms with van der Waals surface area (Å²) in [6.45, 7) is 7.38. The molecule has 0 radical (unpaired) electrons. The van der Waals surface area contributed by atoms with Crippen LogP contribution in [0.3, 0.4) is 0 Å². The molecule has 0 aliphatic carbocycles. The zero-order valence-electron chi connectivity index (χ0n) is 11.7. The van der Waals surface area contributed by atoms with Gasteiger partial charge in [-0.15, -0.1) is 0 Å². The van der Waals surface area contributed by atoms with Crippen molar-refractivity contribution in [2.24, 2.45) is 0 Å². The van der Waals surface area contributed by atoms with Crippen molar-refractivity contribution in [2.75, 3.05) is 6.54 Å². The van der Waals surface area contributed by atoms with Crippen LogP contribution >= 0.6 is 0 Å². The van der Waals surface area contributed by atoms with Gasteiger partial charge >= 0.3 is 0 Å². The van der Waals surface area contributed by atoms with Crippen LogP contribution in [0.25, 0.3) is 11.3 Å². The molecule has 3 nitrogen and oxygen atoms in total. The molecule has 19 heavy (non-hydrogen) atoms. The number of fused-ring (bicyclic) bond motifs is 1. The van der Waals surface area contributed by atoms with Crippen molar-refractivity contribution in [3.8, 4) is 11.3 Å². The van der Waals surface area contributed by atoms with Gasteiger partial charge in [-0.2, -0.15) is 0 Å². The van der Waals surface area contributed by atoms with Crippen molar-refractivity contribution in [3.63, 3.8) is 0 Å². The molecular formula is C16H21N3. The van der Waals surface area contributed by atoms with E-state index < -0.39 is 0 Å². The first-order valence-corrected chi connectivity index (χ1v) is 7.20. The maximum atomic E-state index is 4.53. The summed E-state index contributed by atoms with van der Waals surface area (Å²) < 4.78 is 2.34. The Balaban J connectivity index is 2.04. The first kappa shape index (κ1) is 12.4. The number of aromatic nitrogens is 2. The molecule has 0 amide bonds. The molecule has 2 heterocycles. The van der Waals surface area contributed by atoms with Crippen LogP contribution in [0, 0.1) is 0 Å². The summed E-state index contributed by atoms with van der Waals surface area (Å²) in [6.07, 6.45) is 4.22. The van der Waals surface area contributed by atoms with Gasteiger partial charge in [0.25, 0.3) is 0 Å². The third kappa shape index (κ3) is 2.19. The van der Waals surface area contributed by atoms with E-state index in [0.717, 1.165) is 38.3 Å². The summed E-state index contributed by atoms with van der Waals surface area (Å²) in [5.41, 5.74) is 5.49. The van der Waals surface area contributed by atoms with E-state index in [1.807, 2.05) is 6.20 Å². The summed E-state index contributed by atoms with van der Waals surface area (Å²) >= 11 is 0. The fraction of sp³-hybridized carbons (Fsp3) is 0.438. The highest BCUT2D eigenvalue weighted by Gasteiger charge is 2.15.